The van der Waals surface area contributed by atoms with E-state index in [9.17, 15) is 4.79 Å². The number of carbonyl (C=O) groups is 1. The molecule has 2 aromatic carbocycles. The zero-order chi connectivity index (χ0) is 14.4. The summed E-state index contributed by atoms with van der Waals surface area (Å²) in [5.74, 6) is 1.61. The van der Waals surface area contributed by atoms with Crippen molar-refractivity contribution in [1.82, 2.24) is 4.90 Å². The second-order valence-electron chi connectivity index (χ2n) is 5.65. The van der Waals surface area contributed by atoms with E-state index in [0.717, 1.165) is 23.4 Å². The molecule has 21 heavy (non-hydrogen) atoms. The fourth-order valence-corrected chi connectivity index (χ4v) is 4.41. The summed E-state index contributed by atoms with van der Waals surface area (Å²) in [6.45, 7) is 1.50. The van der Waals surface area contributed by atoms with Crippen LogP contribution >= 0.6 is 11.8 Å². The molecule has 1 amide bonds. The second kappa shape index (κ2) is 4.81. The van der Waals surface area contributed by atoms with Gasteiger partial charge in [0.05, 0.1) is 0 Å². The topological polar surface area (TPSA) is 46.3 Å². The number of amides is 1. The third kappa shape index (κ3) is 2.10. The second-order valence-corrected chi connectivity index (χ2v) is 6.71. The van der Waals surface area contributed by atoms with Gasteiger partial charge in [0.25, 0.3) is 5.91 Å². The maximum absolute atomic E-state index is 12.5. The molecule has 2 aromatic rings. The Morgan fingerprint density at radius 2 is 2.10 bits per heavy atom. The predicted octanol–water partition coefficient (Wildman–Crippen LogP) is 3.11. The Morgan fingerprint density at radius 3 is 3.00 bits per heavy atom. The van der Waals surface area contributed by atoms with E-state index in [2.05, 4.69) is 24.3 Å². The van der Waals surface area contributed by atoms with Crippen molar-refractivity contribution in [2.24, 2.45) is 0 Å². The summed E-state index contributed by atoms with van der Waals surface area (Å²) in [6, 6.07) is 14.2. The molecule has 2 heterocycles. The number of benzene rings is 2. The fraction of sp³-hybridized carbons (Fsp3) is 0.235. The van der Waals surface area contributed by atoms with E-state index in [0.29, 0.717) is 18.2 Å². The lowest BCUT2D eigenvalue weighted by molar-refractivity contribution is 0.0771. The summed E-state index contributed by atoms with van der Waals surface area (Å²) < 4.78 is 0. The number of hydrogen-bond donors (Lipinski definition) is 1. The Morgan fingerprint density at radius 1 is 1.24 bits per heavy atom. The van der Waals surface area contributed by atoms with Crippen molar-refractivity contribution in [1.29, 1.82) is 0 Å². The first kappa shape index (κ1) is 12.8. The smallest absolute Gasteiger partial charge is 0.254 e. The SMILES string of the molecule is Nc1ccc2c(c1)C(=O)N(CC1CSc3ccccc31)C2. The molecule has 4 rings (SSSR count). The first-order valence-electron chi connectivity index (χ1n) is 7.12. The van der Waals surface area contributed by atoms with E-state index in [1.54, 1.807) is 6.07 Å². The van der Waals surface area contributed by atoms with Crippen LogP contribution in [0.15, 0.2) is 47.4 Å². The molecular formula is C17H16N2OS. The van der Waals surface area contributed by atoms with Gasteiger partial charge in [-0.3, -0.25) is 4.79 Å². The largest absolute Gasteiger partial charge is 0.399 e. The van der Waals surface area contributed by atoms with Gasteiger partial charge in [0.2, 0.25) is 0 Å². The van der Waals surface area contributed by atoms with Crippen LogP contribution in [0.3, 0.4) is 0 Å². The summed E-state index contributed by atoms with van der Waals surface area (Å²) in [6.07, 6.45) is 0. The Bertz CT molecular complexity index is 728. The molecule has 106 valence electrons. The lowest BCUT2D eigenvalue weighted by atomic mass is 10.0. The highest BCUT2D eigenvalue weighted by molar-refractivity contribution is 7.99. The summed E-state index contributed by atoms with van der Waals surface area (Å²) >= 11 is 1.89. The molecule has 1 unspecified atom stereocenters. The number of nitrogen functional groups attached to an aromatic ring is 1. The van der Waals surface area contributed by atoms with Gasteiger partial charge in [0.15, 0.2) is 0 Å². The normalized spacial score (nSPS) is 19.7. The molecule has 0 bridgehead atoms. The van der Waals surface area contributed by atoms with Crippen molar-refractivity contribution in [3.63, 3.8) is 0 Å². The maximum Gasteiger partial charge on any atom is 0.254 e. The van der Waals surface area contributed by atoms with Gasteiger partial charge in [-0.1, -0.05) is 24.3 Å². The van der Waals surface area contributed by atoms with Crippen LogP contribution in [-0.2, 0) is 6.54 Å². The van der Waals surface area contributed by atoms with Gasteiger partial charge in [-0.25, -0.2) is 0 Å². The molecule has 1 atom stereocenters. The molecule has 2 aliphatic rings. The van der Waals surface area contributed by atoms with Gasteiger partial charge < -0.3 is 10.6 Å². The molecule has 0 saturated carbocycles. The minimum atomic E-state index is 0.117. The van der Waals surface area contributed by atoms with Crippen LogP contribution in [0.4, 0.5) is 5.69 Å². The Labute approximate surface area is 128 Å². The van der Waals surface area contributed by atoms with Crippen LogP contribution in [-0.4, -0.2) is 23.1 Å². The molecule has 0 aliphatic carbocycles. The molecule has 4 heteroatoms. The van der Waals surface area contributed by atoms with Crippen molar-refractivity contribution in [2.75, 3.05) is 18.0 Å². The van der Waals surface area contributed by atoms with E-state index in [-0.39, 0.29) is 5.91 Å². The van der Waals surface area contributed by atoms with Crippen molar-refractivity contribution in [3.05, 3.63) is 59.2 Å². The number of nitrogens with zero attached hydrogens (tertiary/aromatic N) is 1. The van der Waals surface area contributed by atoms with Crippen LogP contribution in [0.25, 0.3) is 0 Å². The predicted molar refractivity (Wildman–Crippen MR) is 85.5 cm³/mol. The highest BCUT2D eigenvalue weighted by Crippen LogP contribution is 2.40. The third-order valence-corrected chi connectivity index (χ3v) is 5.50. The fourth-order valence-electron chi connectivity index (χ4n) is 3.17. The monoisotopic (exact) mass is 296 g/mol. The summed E-state index contributed by atoms with van der Waals surface area (Å²) in [4.78, 5) is 15.8. The number of hydrogen-bond acceptors (Lipinski definition) is 3. The lowest BCUT2D eigenvalue weighted by Gasteiger charge is -2.20. The molecule has 2 aliphatic heterocycles. The van der Waals surface area contributed by atoms with E-state index in [1.807, 2.05) is 28.8 Å². The van der Waals surface area contributed by atoms with E-state index >= 15 is 0 Å². The number of nitrogens with two attached hydrogens (primary N) is 1. The van der Waals surface area contributed by atoms with Crippen molar-refractivity contribution in [3.8, 4) is 0 Å². The average Bonchev–Trinajstić information content (AvgIpc) is 3.03. The van der Waals surface area contributed by atoms with Gasteiger partial charge in [0, 0.05) is 40.9 Å². The van der Waals surface area contributed by atoms with Gasteiger partial charge in [0.1, 0.15) is 0 Å². The first-order chi connectivity index (χ1) is 10.2. The zero-order valence-electron chi connectivity index (χ0n) is 11.6. The number of thioether (sulfide) groups is 1. The molecular weight excluding hydrogens is 280 g/mol. The summed E-state index contributed by atoms with van der Waals surface area (Å²) in [5, 5.41) is 0. The van der Waals surface area contributed by atoms with Crippen molar-refractivity contribution < 1.29 is 4.79 Å². The summed E-state index contributed by atoms with van der Waals surface area (Å²) in [5.41, 5.74) is 9.69. The minimum Gasteiger partial charge on any atom is -0.399 e. The number of rotatable bonds is 2. The van der Waals surface area contributed by atoms with Gasteiger partial charge in [-0.05, 0) is 29.3 Å². The lowest BCUT2D eigenvalue weighted by Crippen LogP contribution is -2.29. The Balaban J connectivity index is 1.57. The van der Waals surface area contributed by atoms with Gasteiger partial charge >= 0.3 is 0 Å². The number of anilines is 1. The van der Waals surface area contributed by atoms with E-state index < -0.39 is 0 Å². The van der Waals surface area contributed by atoms with E-state index in [1.165, 1.54) is 10.5 Å². The van der Waals surface area contributed by atoms with Crippen molar-refractivity contribution in [2.45, 2.75) is 17.4 Å². The molecule has 0 radical (unpaired) electrons. The van der Waals surface area contributed by atoms with Gasteiger partial charge in [-0.15, -0.1) is 11.8 Å². The molecule has 0 saturated heterocycles. The average molecular weight is 296 g/mol. The van der Waals surface area contributed by atoms with Gasteiger partial charge in [-0.2, -0.15) is 0 Å². The molecule has 2 N–H and O–H groups in total. The highest BCUT2D eigenvalue weighted by atomic mass is 32.2. The number of fused-ring (bicyclic) bond motifs is 2. The first-order valence-corrected chi connectivity index (χ1v) is 8.10. The maximum atomic E-state index is 12.5. The van der Waals surface area contributed by atoms with Crippen molar-refractivity contribution >= 4 is 23.4 Å². The molecule has 3 nitrogen and oxygen atoms in total. The third-order valence-electron chi connectivity index (χ3n) is 4.25. The van der Waals surface area contributed by atoms with Crippen LogP contribution in [0, 0.1) is 0 Å². The zero-order valence-corrected chi connectivity index (χ0v) is 12.4. The minimum absolute atomic E-state index is 0.117. The Hall–Kier alpha value is -1.94. The van der Waals surface area contributed by atoms with Crippen LogP contribution in [0.1, 0.15) is 27.4 Å². The van der Waals surface area contributed by atoms with Crippen LogP contribution < -0.4 is 5.73 Å². The van der Waals surface area contributed by atoms with E-state index in [4.69, 9.17) is 5.73 Å². The molecule has 0 aromatic heterocycles. The quantitative estimate of drug-likeness (QED) is 0.866. The Kier molecular flexibility index (Phi) is 2.93. The number of carbonyl (C=O) groups excluding carboxylic acids is 1. The van der Waals surface area contributed by atoms with Crippen LogP contribution in [0.2, 0.25) is 0 Å². The van der Waals surface area contributed by atoms with Crippen LogP contribution in [0.5, 0.6) is 0 Å². The standard InChI is InChI=1S/C17H16N2OS/c18-13-6-5-11-8-19(17(20)15(11)7-13)9-12-10-21-16-4-2-1-3-14(12)16/h1-7,12H,8-10,18H2. The molecule has 0 fully saturated rings. The highest BCUT2D eigenvalue weighted by Gasteiger charge is 2.32. The summed E-state index contributed by atoms with van der Waals surface area (Å²) in [7, 11) is 0. The molecule has 0 spiro atoms.